The van der Waals surface area contributed by atoms with Crippen LogP contribution < -0.4 is 5.32 Å². The second-order valence-corrected chi connectivity index (χ2v) is 10.9. The van der Waals surface area contributed by atoms with E-state index >= 15 is 0 Å². The van der Waals surface area contributed by atoms with Gasteiger partial charge in [0, 0.05) is 0 Å². The summed E-state index contributed by atoms with van der Waals surface area (Å²) in [6, 6.07) is -2.29. The Bertz CT molecular complexity index is 926. The number of hydrogen-bond donors (Lipinski definition) is 14. The number of hydrogen-bond acceptors (Lipinski definition) is 19. The first-order chi connectivity index (χ1) is 20.8. The van der Waals surface area contributed by atoms with E-state index in [-0.39, 0.29) is 12.7 Å². The molecule has 0 aromatic heterocycles. The lowest BCUT2D eigenvalue weighted by atomic mass is 9.88. The van der Waals surface area contributed by atoms with Gasteiger partial charge in [-0.2, -0.15) is 0 Å². The van der Waals surface area contributed by atoms with Crippen LogP contribution in [0.5, 0.6) is 0 Å². The van der Waals surface area contributed by atoms with Gasteiger partial charge in [0.25, 0.3) is 0 Å². The Morgan fingerprint density at radius 3 is 2.05 bits per heavy atom. The van der Waals surface area contributed by atoms with E-state index in [1.807, 2.05) is 0 Å². The van der Waals surface area contributed by atoms with Gasteiger partial charge in [-0.1, -0.05) is 6.08 Å². The molecule has 17 unspecified atom stereocenters. The van der Waals surface area contributed by atoms with Crippen molar-refractivity contribution in [3.05, 3.63) is 11.6 Å². The van der Waals surface area contributed by atoms with E-state index in [0.717, 1.165) is 0 Å². The summed E-state index contributed by atoms with van der Waals surface area (Å²) >= 11 is 0. The van der Waals surface area contributed by atoms with Gasteiger partial charge in [-0.25, -0.2) is 0 Å². The molecule has 2 heterocycles. The molecular weight excluding hydrogens is 602 g/mol. The Labute approximate surface area is 250 Å². The number of rotatable bonds is 14. The lowest BCUT2D eigenvalue weighted by Gasteiger charge is -2.48. The third-order valence-corrected chi connectivity index (χ3v) is 7.92. The van der Waals surface area contributed by atoms with Crippen molar-refractivity contribution >= 4 is 6.29 Å². The molecule has 0 spiro atoms. The van der Waals surface area contributed by atoms with Crippen molar-refractivity contribution in [2.45, 2.75) is 110 Å². The number of carbonyl (C=O) groups is 1. The number of nitrogens with one attached hydrogen (secondary N) is 1. The molecule has 0 radical (unpaired) electrons. The second kappa shape index (κ2) is 16.5. The van der Waals surface area contributed by atoms with Crippen molar-refractivity contribution in [3.63, 3.8) is 0 Å². The lowest BCUT2D eigenvalue weighted by molar-refractivity contribution is -0.362. The van der Waals surface area contributed by atoms with Gasteiger partial charge in [0.1, 0.15) is 67.1 Å². The molecule has 1 aliphatic carbocycles. The Hall–Kier alpha value is -1.31. The van der Waals surface area contributed by atoms with Crippen molar-refractivity contribution in [3.8, 4) is 0 Å². The molecular formula is C25H43NO18. The molecule has 2 fully saturated rings. The smallest absolute Gasteiger partial charge is 0.187 e. The molecule has 0 aromatic rings. The van der Waals surface area contributed by atoms with Crippen LogP contribution in [0.4, 0.5) is 0 Å². The summed E-state index contributed by atoms with van der Waals surface area (Å²) in [7, 11) is 0. The van der Waals surface area contributed by atoms with E-state index in [4.69, 9.17) is 18.9 Å². The molecule has 19 nitrogen and oxygen atoms in total. The van der Waals surface area contributed by atoms with Gasteiger partial charge in [0.15, 0.2) is 18.9 Å². The topological polar surface area (TPSA) is 329 Å². The fourth-order valence-electron chi connectivity index (χ4n) is 5.36. The molecule has 14 N–H and O–H groups in total. The van der Waals surface area contributed by atoms with Crippen LogP contribution in [0.15, 0.2) is 11.6 Å². The summed E-state index contributed by atoms with van der Waals surface area (Å²) in [6.07, 6.45) is -25.3. The zero-order valence-electron chi connectivity index (χ0n) is 23.4. The minimum Gasteiger partial charge on any atom is -0.394 e. The van der Waals surface area contributed by atoms with Crippen LogP contribution in [0.1, 0.15) is 6.42 Å². The Morgan fingerprint density at radius 1 is 0.864 bits per heavy atom. The highest BCUT2D eigenvalue weighted by Crippen LogP contribution is 2.31. The highest BCUT2D eigenvalue weighted by molar-refractivity contribution is 5.56. The highest BCUT2D eigenvalue weighted by Gasteiger charge is 2.52. The third-order valence-electron chi connectivity index (χ3n) is 7.92. The molecule has 0 bridgehead atoms. The molecule has 0 aromatic carbocycles. The fraction of sp³-hybridized carbons (Fsp3) is 0.880. The van der Waals surface area contributed by atoms with E-state index in [9.17, 15) is 71.2 Å². The number of aliphatic hydroxyl groups excluding tert-OH is 13. The maximum Gasteiger partial charge on any atom is 0.187 e. The minimum absolute atomic E-state index is 0.00104. The molecule has 17 atom stereocenters. The van der Waals surface area contributed by atoms with Crippen molar-refractivity contribution in [2.75, 3.05) is 26.4 Å². The van der Waals surface area contributed by atoms with Gasteiger partial charge in [0.2, 0.25) is 0 Å². The third kappa shape index (κ3) is 8.15. The van der Waals surface area contributed by atoms with Crippen LogP contribution >= 0.6 is 0 Å². The van der Waals surface area contributed by atoms with E-state index in [2.05, 4.69) is 5.32 Å². The first-order valence-electron chi connectivity index (χ1n) is 13.9. The molecule has 3 rings (SSSR count). The number of aldehydes is 1. The summed E-state index contributed by atoms with van der Waals surface area (Å²) in [5.74, 6) is 0. The van der Waals surface area contributed by atoms with Crippen LogP contribution in [0.25, 0.3) is 0 Å². The van der Waals surface area contributed by atoms with Gasteiger partial charge in [-0.3, -0.25) is 0 Å². The number of aliphatic hydroxyl groups is 13. The second-order valence-electron chi connectivity index (χ2n) is 10.9. The first-order valence-corrected chi connectivity index (χ1v) is 13.9. The fourth-order valence-corrected chi connectivity index (χ4v) is 5.36. The molecule has 0 amide bonds. The molecule has 19 heteroatoms. The predicted octanol–water partition coefficient (Wildman–Crippen LogP) is -8.72. The predicted molar refractivity (Wildman–Crippen MR) is 139 cm³/mol. The number of ether oxygens (including phenoxy) is 4. The van der Waals surface area contributed by atoms with E-state index in [1.165, 1.54) is 6.08 Å². The van der Waals surface area contributed by atoms with Crippen LogP contribution in [0, 0.1) is 0 Å². The Kier molecular flexibility index (Phi) is 13.9. The first kappa shape index (κ1) is 37.2. The summed E-state index contributed by atoms with van der Waals surface area (Å²) in [5, 5.41) is 135. The molecule has 2 saturated heterocycles. The Balaban J connectivity index is 1.73. The monoisotopic (exact) mass is 645 g/mol. The summed E-state index contributed by atoms with van der Waals surface area (Å²) in [6.45, 7) is -3.11. The van der Waals surface area contributed by atoms with Gasteiger partial charge >= 0.3 is 0 Å². The Morgan fingerprint density at radius 2 is 1.48 bits per heavy atom. The van der Waals surface area contributed by atoms with E-state index in [1.54, 1.807) is 0 Å². The van der Waals surface area contributed by atoms with Crippen molar-refractivity contribution in [1.29, 1.82) is 0 Å². The van der Waals surface area contributed by atoms with E-state index < -0.39 is 130 Å². The molecule has 0 saturated carbocycles. The zero-order valence-corrected chi connectivity index (χ0v) is 23.4. The van der Waals surface area contributed by atoms with Crippen LogP contribution in [-0.4, -0.2) is 203 Å². The quantitative estimate of drug-likeness (QED) is 0.0616. The van der Waals surface area contributed by atoms with E-state index in [0.29, 0.717) is 5.57 Å². The average molecular weight is 646 g/mol. The SMILES string of the molecule is O=CC(O)C(O)C(OC1OC(CO)C(OC2OC(CO)C(NC3C=C(CO)CC(O)C3O)C(O)C2O)C(O)C1O)C(O)CO. The lowest BCUT2D eigenvalue weighted by Crippen LogP contribution is -2.69. The standard InChI is InChI=1S/C25H43NO18/c27-3-8-1-9(16(35)10(32)2-8)26-15-13(6-30)41-24(20(39)18(15)37)44-23-14(7-31)42-25(21(40)19(23)38)43-22(12(34)5-29)17(36)11(33)4-28/h1,4,9-27,29-40H,2-3,5-7H2. The average Bonchev–Trinajstić information content (AvgIpc) is 3.02. The largest absolute Gasteiger partial charge is 0.394 e. The van der Waals surface area contributed by atoms with Gasteiger partial charge in [0.05, 0.1) is 50.7 Å². The van der Waals surface area contributed by atoms with Crippen LogP contribution in [0.2, 0.25) is 0 Å². The minimum atomic E-state index is -2.11. The maximum absolute atomic E-state index is 10.9. The van der Waals surface area contributed by atoms with Gasteiger partial charge in [-0.15, -0.1) is 0 Å². The molecule has 2 aliphatic heterocycles. The van der Waals surface area contributed by atoms with Crippen molar-refractivity contribution < 1.29 is 90.1 Å². The van der Waals surface area contributed by atoms with Crippen LogP contribution in [-0.2, 0) is 23.7 Å². The highest BCUT2D eigenvalue weighted by atomic mass is 16.7. The van der Waals surface area contributed by atoms with Crippen LogP contribution in [0.3, 0.4) is 0 Å². The van der Waals surface area contributed by atoms with Crippen molar-refractivity contribution in [2.24, 2.45) is 0 Å². The summed E-state index contributed by atoms with van der Waals surface area (Å²) in [5.41, 5.74) is 0.391. The van der Waals surface area contributed by atoms with Gasteiger partial charge < -0.3 is 95.4 Å². The normalized spacial score (nSPS) is 42.7. The zero-order chi connectivity index (χ0) is 32.9. The van der Waals surface area contributed by atoms with Crippen molar-refractivity contribution in [1.82, 2.24) is 5.32 Å². The maximum atomic E-state index is 10.9. The molecule has 256 valence electrons. The number of carbonyl (C=O) groups excluding carboxylic acids is 1. The van der Waals surface area contributed by atoms with Gasteiger partial charge in [-0.05, 0) is 12.0 Å². The summed E-state index contributed by atoms with van der Waals surface area (Å²) in [4.78, 5) is 10.9. The summed E-state index contributed by atoms with van der Waals surface area (Å²) < 4.78 is 21.9. The molecule has 3 aliphatic rings. The molecule has 44 heavy (non-hydrogen) atoms.